The molecule has 0 spiro atoms. The summed E-state index contributed by atoms with van der Waals surface area (Å²) in [5.41, 5.74) is 0.553. The minimum atomic E-state index is -0.901. The molecule has 0 bridgehead atoms. The van der Waals surface area contributed by atoms with Gasteiger partial charge in [-0.15, -0.1) is 0 Å². The Morgan fingerprint density at radius 2 is 2.00 bits per heavy atom. The van der Waals surface area contributed by atoms with Gasteiger partial charge >= 0.3 is 0 Å². The highest BCUT2D eigenvalue weighted by Crippen LogP contribution is 2.28. The van der Waals surface area contributed by atoms with E-state index in [9.17, 15) is 13.6 Å². The largest absolute Gasteiger partial charge is 0.318 e. The van der Waals surface area contributed by atoms with Gasteiger partial charge in [-0.2, -0.15) is 0 Å². The number of carbonyl (C=O) groups excluding carboxylic acids is 1. The summed E-state index contributed by atoms with van der Waals surface area (Å²) in [7, 11) is 3.86. The third-order valence-corrected chi connectivity index (χ3v) is 3.67. The van der Waals surface area contributed by atoms with Crippen molar-refractivity contribution in [2.45, 2.75) is 32.1 Å². The van der Waals surface area contributed by atoms with Gasteiger partial charge in [-0.1, -0.05) is 6.07 Å². The molecular weight excluding hydrogens is 276 g/mol. The molecule has 3 unspecified atom stereocenters. The molecule has 1 aliphatic heterocycles. The highest BCUT2D eigenvalue weighted by atomic mass is 19.2. The van der Waals surface area contributed by atoms with Gasteiger partial charge in [0.2, 0.25) is 5.91 Å². The zero-order chi connectivity index (χ0) is 15.7. The van der Waals surface area contributed by atoms with Crippen LogP contribution in [-0.2, 0) is 4.79 Å². The Labute approximate surface area is 123 Å². The average Bonchev–Trinajstić information content (AvgIpc) is 2.68. The van der Waals surface area contributed by atoms with Crippen LogP contribution in [0.15, 0.2) is 18.2 Å². The van der Waals surface area contributed by atoms with Gasteiger partial charge in [0.05, 0.1) is 6.04 Å². The lowest BCUT2D eigenvalue weighted by Gasteiger charge is -2.32. The van der Waals surface area contributed by atoms with Crippen molar-refractivity contribution in [1.29, 1.82) is 0 Å². The second kappa shape index (κ2) is 6.07. The lowest BCUT2D eigenvalue weighted by atomic mass is 10.1. The number of halogens is 2. The van der Waals surface area contributed by atoms with Gasteiger partial charge in [0, 0.05) is 12.6 Å². The van der Waals surface area contributed by atoms with Crippen LogP contribution in [0, 0.1) is 11.6 Å². The SMILES string of the molecule is CC1NC(c2ccc(F)c(F)c2)N(C(C)CN(C)C)C1=O. The zero-order valence-corrected chi connectivity index (χ0v) is 12.7. The Balaban J connectivity index is 2.31. The number of carbonyl (C=O) groups is 1. The van der Waals surface area contributed by atoms with Gasteiger partial charge in [-0.3, -0.25) is 10.1 Å². The molecule has 3 atom stereocenters. The molecule has 0 aliphatic carbocycles. The molecule has 1 N–H and O–H groups in total. The topological polar surface area (TPSA) is 35.6 Å². The summed E-state index contributed by atoms with van der Waals surface area (Å²) in [5, 5.41) is 3.14. The van der Waals surface area contributed by atoms with Crippen LogP contribution in [0.1, 0.15) is 25.6 Å². The summed E-state index contributed by atoms with van der Waals surface area (Å²) in [5.74, 6) is -1.82. The fourth-order valence-electron chi connectivity index (χ4n) is 2.77. The van der Waals surface area contributed by atoms with Crippen molar-refractivity contribution >= 4 is 5.91 Å². The Morgan fingerprint density at radius 1 is 1.33 bits per heavy atom. The summed E-state index contributed by atoms with van der Waals surface area (Å²) < 4.78 is 26.5. The number of rotatable bonds is 4. The molecule has 0 aromatic heterocycles. The van der Waals surface area contributed by atoms with Crippen LogP contribution in [-0.4, -0.2) is 48.4 Å². The van der Waals surface area contributed by atoms with Crippen LogP contribution in [0.2, 0.25) is 0 Å². The summed E-state index contributed by atoms with van der Waals surface area (Å²) in [6.45, 7) is 4.42. The number of hydrogen-bond acceptors (Lipinski definition) is 3. The first-order chi connectivity index (χ1) is 9.81. The van der Waals surface area contributed by atoms with E-state index in [-0.39, 0.29) is 18.0 Å². The molecule has 1 aliphatic rings. The van der Waals surface area contributed by atoms with Gasteiger partial charge in [0.15, 0.2) is 11.6 Å². The van der Waals surface area contributed by atoms with Crippen LogP contribution in [0.3, 0.4) is 0 Å². The van der Waals surface area contributed by atoms with Crippen molar-refractivity contribution in [3.63, 3.8) is 0 Å². The summed E-state index contributed by atoms with van der Waals surface area (Å²) in [6.07, 6.45) is -0.433. The van der Waals surface area contributed by atoms with Crippen molar-refractivity contribution in [3.05, 3.63) is 35.4 Å². The Hall–Kier alpha value is -1.53. The third-order valence-electron chi connectivity index (χ3n) is 3.67. The molecule has 116 valence electrons. The van der Waals surface area contributed by atoms with E-state index < -0.39 is 17.8 Å². The van der Waals surface area contributed by atoms with Gasteiger partial charge in [-0.05, 0) is 45.6 Å². The first-order valence-corrected chi connectivity index (χ1v) is 6.99. The molecular formula is C15H21F2N3O. The van der Waals surface area contributed by atoms with Gasteiger partial charge in [0.1, 0.15) is 6.17 Å². The highest BCUT2D eigenvalue weighted by Gasteiger charge is 2.40. The molecule has 0 saturated carbocycles. The van der Waals surface area contributed by atoms with Crippen molar-refractivity contribution in [2.75, 3.05) is 20.6 Å². The summed E-state index contributed by atoms with van der Waals surface area (Å²) >= 11 is 0. The molecule has 4 nitrogen and oxygen atoms in total. The number of nitrogens with zero attached hydrogens (tertiary/aromatic N) is 2. The maximum absolute atomic E-state index is 13.5. The normalized spacial score (nSPS) is 24.0. The van der Waals surface area contributed by atoms with Crippen LogP contribution < -0.4 is 5.32 Å². The number of benzene rings is 1. The lowest BCUT2D eigenvalue weighted by Crippen LogP contribution is -2.43. The molecule has 0 radical (unpaired) electrons. The van der Waals surface area contributed by atoms with Crippen molar-refractivity contribution < 1.29 is 13.6 Å². The van der Waals surface area contributed by atoms with Gasteiger partial charge < -0.3 is 9.80 Å². The quantitative estimate of drug-likeness (QED) is 0.919. The molecule has 1 fully saturated rings. The number of amides is 1. The van der Waals surface area contributed by atoms with E-state index >= 15 is 0 Å². The van der Waals surface area contributed by atoms with E-state index in [0.717, 1.165) is 12.1 Å². The van der Waals surface area contributed by atoms with Crippen LogP contribution in [0.5, 0.6) is 0 Å². The number of nitrogens with one attached hydrogen (secondary N) is 1. The minimum absolute atomic E-state index is 0.0286. The standard InChI is InChI=1S/C15H21F2N3O/c1-9(8-19(3)4)20-14(18-10(2)15(20)21)11-5-6-12(16)13(17)7-11/h5-7,9-10,14,18H,8H2,1-4H3. The second-order valence-electron chi connectivity index (χ2n) is 5.82. The van der Waals surface area contributed by atoms with Gasteiger partial charge in [0.25, 0.3) is 0 Å². The minimum Gasteiger partial charge on any atom is -0.318 e. The maximum Gasteiger partial charge on any atom is 0.241 e. The molecule has 1 aromatic rings. The fraction of sp³-hybridized carbons (Fsp3) is 0.533. The van der Waals surface area contributed by atoms with E-state index in [1.54, 1.807) is 11.8 Å². The summed E-state index contributed by atoms with van der Waals surface area (Å²) in [4.78, 5) is 16.0. The Morgan fingerprint density at radius 3 is 2.57 bits per heavy atom. The molecule has 1 amide bonds. The van der Waals surface area contributed by atoms with E-state index in [1.807, 2.05) is 25.9 Å². The molecule has 1 saturated heterocycles. The summed E-state index contributed by atoms with van der Waals surface area (Å²) in [6, 6.07) is 3.37. The maximum atomic E-state index is 13.5. The van der Waals surface area contributed by atoms with Crippen LogP contribution in [0.4, 0.5) is 8.78 Å². The molecule has 1 aromatic carbocycles. The van der Waals surface area contributed by atoms with Crippen molar-refractivity contribution in [2.24, 2.45) is 0 Å². The smallest absolute Gasteiger partial charge is 0.241 e. The Bertz CT molecular complexity index is 536. The predicted octanol–water partition coefficient (Wildman–Crippen LogP) is 1.73. The predicted molar refractivity (Wildman–Crippen MR) is 76.6 cm³/mol. The van der Waals surface area contributed by atoms with Crippen molar-refractivity contribution in [3.8, 4) is 0 Å². The van der Waals surface area contributed by atoms with Gasteiger partial charge in [-0.25, -0.2) is 8.78 Å². The number of likely N-dealkylation sites (N-methyl/N-ethyl adjacent to an activating group) is 1. The van der Waals surface area contributed by atoms with E-state index in [2.05, 4.69) is 5.32 Å². The zero-order valence-electron chi connectivity index (χ0n) is 12.7. The van der Waals surface area contributed by atoms with E-state index in [0.29, 0.717) is 12.1 Å². The van der Waals surface area contributed by atoms with E-state index in [1.165, 1.54) is 6.07 Å². The van der Waals surface area contributed by atoms with Crippen LogP contribution in [0.25, 0.3) is 0 Å². The molecule has 21 heavy (non-hydrogen) atoms. The Kier molecular flexibility index (Phi) is 4.58. The first-order valence-electron chi connectivity index (χ1n) is 6.99. The lowest BCUT2D eigenvalue weighted by molar-refractivity contribution is -0.132. The molecule has 6 heteroatoms. The molecule has 2 rings (SSSR count). The monoisotopic (exact) mass is 297 g/mol. The third kappa shape index (κ3) is 3.22. The fourth-order valence-corrected chi connectivity index (χ4v) is 2.77. The first kappa shape index (κ1) is 15.9. The highest BCUT2D eigenvalue weighted by molar-refractivity contribution is 5.84. The number of hydrogen-bond donors (Lipinski definition) is 1. The molecule has 1 heterocycles. The van der Waals surface area contributed by atoms with Crippen LogP contribution >= 0.6 is 0 Å². The second-order valence-corrected chi connectivity index (χ2v) is 5.82. The van der Waals surface area contributed by atoms with E-state index in [4.69, 9.17) is 0 Å². The average molecular weight is 297 g/mol. The van der Waals surface area contributed by atoms with Crippen molar-refractivity contribution in [1.82, 2.24) is 15.1 Å².